The first-order chi connectivity index (χ1) is 11.9. The minimum absolute atomic E-state index is 0.249. The van der Waals surface area contributed by atoms with Crippen molar-refractivity contribution in [2.75, 3.05) is 6.61 Å². The summed E-state index contributed by atoms with van der Waals surface area (Å²) in [6.45, 7) is 6.46. The zero-order valence-electron chi connectivity index (χ0n) is 15.2. The molecule has 2 rings (SSSR count). The zero-order chi connectivity index (χ0) is 18.4. The summed E-state index contributed by atoms with van der Waals surface area (Å²) >= 11 is 0. The molecule has 2 aromatic rings. The van der Waals surface area contributed by atoms with Crippen molar-refractivity contribution in [2.45, 2.75) is 39.3 Å². The molecule has 1 amide bonds. The second-order valence-electron chi connectivity index (χ2n) is 6.59. The lowest BCUT2D eigenvalue weighted by molar-refractivity contribution is -0.132. The highest BCUT2D eigenvalue weighted by atomic mass is 19.1. The molecule has 2 unspecified atom stereocenters. The first-order valence-electron chi connectivity index (χ1n) is 8.53. The zero-order valence-corrected chi connectivity index (χ0v) is 15.2. The van der Waals surface area contributed by atoms with Crippen LogP contribution < -0.4 is 5.32 Å². The highest BCUT2D eigenvalue weighted by Gasteiger charge is 2.24. The van der Waals surface area contributed by atoms with E-state index >= 15 is 0 Å². The van der Waals surface area contributed by atoms with Crippen LogP contribution in [0.25, 0.3) is 0 Å². The summed E-state index contributed by atoms with van der Waals surface area (Å²) in [5.74, 6) is 0.546. The van der Waals surface area contributed by atoms with Crippen LogP contribution in [-0.4, -0.2) is 28.2 Å². The molecule has 0 radical (unpaired) electrons. The molecule has 1 N–H and O–H groups in total. The predicted molar refractivity (Wildman–Crippen MR) is 94.5 cm³/mol. The SMILES string of the molecule is CC(C)CCOC(C)C(=O)NC(c1cccc(F)c1)c1nccn1C. The number of nitrogens with one attached hydrogen (secondary N) is 1. The number of carbonyl (C=O) groups is 1. The average molecular weight is 347 g/mol. The van der Waals surface area contributed by atoms with Gasteiger partial charge in [-0.05, 0) is 37.0 Å². The number of ether oxygens (including phenoxy) is 1. The number of hydrogen-bond acceptors (Lipinski definition) is 3. The van der Waals surface area contributed by atoms with E-state index in [0.717, 1.165) is 6.42 Å². The van der Waals surface area contributed by atoms with Crippen LogP contribution in [0.5, 0.6) is 0 Å². The van der Waals surface area contributed by atoms with Crippen LogP contribution in [-0.2, 0) is 16.6 Å². The third kappa shape index (κ3) is 5.39. The number of amides is 1. The Labute approximate surface area is 148 Å². The first-order valence-corrected chi connectivity index (χ1v) is 8.53. The van der Waals surface area contributed by atoms with Crippen LogP contribution in [0.15, 0.2) is 36.7 Å². The molecule has 0 aliphatic carbocycles. The summed E-state index contributed by atoms with van der Waals surface area (Å²) < 4.78 is 21.1. The van der Waals surface area contributed by atoms with E-state index in [0.29, 0.717) is 23.9 Å². The Morgan fingerprint density at radius 3 is 2.72 bits per heavy atom. The van der Waals surface area contributed by atoms with Gasteiger partial charge in [0.25, 0.3) is 0 Å². The molecule has 0 bridgehead atoms. The second-order valence-corrected chi connectivity index (χ2v) is 6.59. The van der Waals surface area contributed by atoms with Gasteiger partial charge >= 0.3 is 0 Å². The molecule has 1 aromatic carbocycles. The summed E-state index contributed by atoms with van der Waals surface area (Å²) in [5.41, 5.74) is 0.636. The fourth-order valence-electron chi connectivity index (χ4n) is 2.45. The van der Waals surface area contributed by atoms with E-state index in [1.54, 1.807) is 36.0 Å². The summed E-state index contributed by atoms with van der Waals surface area (Å²) in [6, 6.07) is 5.63. The van der Waals surface area contributed by atoms with Crippen molar-refractivity contribution in [3.05, 3.63) is 53.9 Å². The van der Waals surface area contributed by atoms with Gasteiger partial charge in [-0.2, -0.15) is 0 Å². The number of benzene rings is 1. The number of hydrogen-bond donors (Lipinski definition) is 1. The minimum atomic E-state index is -0.588. The van der Waals surface area contributed by atoms with E-state index in [1.165, 1.54) is 12.1 Å². The fraction of sp³-hybridized carbons (Fsp3) is 0.474. The number of imidazole rings is 1. The molecule has 1 aromatic heterocycles. The molecule has 0 aliphatic rings. The molecule has 6 heteroatoms. The number of aromatic nitrogens is 2. The number of nitrogens with zero attached hydrogens (tertiary/aromatic N) is 2. The maximum absolute atomic E-state index is 13.6. The lowest BCUT2D eigenvalue weighted by Gasteiger charge is -2.22. The van der Waals surface area contributed by atoms with Gasteiger partial charge in [-0.1, -0.05) is 26.0 Å². The highest BCUT2D eigenvalue weighted by molar-refractivity contribution is 5.81. The van der Waals surface area contributed by atoms with Crippen molar-refractivity contribution >= 4 is 5.91 Å². The number of carbonyl (C=O) groups excluding carboxylic acids is 1. The second kappa shape index (κ2) is 8.76. The van der Waals surface area contributed by atoms with E-state index < -0.39 is 12.1 Å². The number of aryl methyl sites for hydroxylation is 1. The molecular formula is C19H26FN3O2. The quantitative estimate of drug-likeness (QED) is 0.798. The molecule has 1 heterocycles. The Hall–Kier alpha value is -2.21. The number of halogens is 1. The summed E-state index contributed by atoms with van der Waals surface area (Å²) in [7, 11) is 1.84. The van der Waals surface area contributed by atoms with E-state index in [2.05, 4.69) is 24.1 Å². The van der Waals surface area contributed by atoms with Crippen molar-refractivity contribution < 1.29 is 13.9 Å². The van der Waals surface area contributed by atoms with Crippen LogP contribution in [0, 0.1) is 11.7 Å². The van der Waals surface area contributed by atoms with E-state index in [9.17, 15) is 9.18 Å². The van der Waals surface area contributed by atoms with Crippen molar-refractivity contribution in [1.29, 1.82) is 0 Å². The molecule has 5 nitrogen and oxygen atoms in total. The normalized spacial score (nSPS) is 13.7. The Kier molecular flexibility index (Phi) is 6.70. The van der Waals surface area contributed by atoms with Crippen LogP contribution >= 0.6 is 0 Å². The van der Waals surface area contributed by atoms with Crippen molar-refractivity contribution in [2.24, 2.45) is 13.0 Å². The summed E-state index contributed by atoms with van der Waals surface area (Å²) in [5, 5.41) is 2.93. The molecule has 136 valence electrons. The van der Waals surface area contributed by atoms with Crippen LogP contribution in [0.2, 0.25) is 0 Å². The minimum Gasteiger partial charge on any atom is -0.369 e. The van der Waals surface area contributed by atoms with Crippen molar-refractivity contribution in [3.8, 4) is 0 Å². The van der Waals surface area contributed by atoms with Gasteiger partial charge in [-0.15, -0.1) is 0 Å². The van der Waals surface area contributed by atoms with E-state index in [4.69, 9.17) is 4.74 Å². The maximum atomic E-state index is 13.6. The lowest BCUT2D eigenvalue weighted by atomic mass is 10.1. The molecule has 25 heavy (non-hydrogen) atoms. The maximum Gasteiger partial charge on any atom is 0.249 e. The Morgan fingerprint density at radius 2 is 2.12 bits per heavy atom. The third-order valence-corrected chi connectivity index (χ3v) is 4.02. The largest absolute Gasteiger partial charge is 0.369 e. The standard InChI is InChI=1S/C19H26FN3O2/c1-13(2)8-11-25-14(3)19(24)22-17(18-21-9-10-23(18)4)15-6-5-7-16(20)12-15/h5-7,9-10,12-14,17H,8,11H2,1-4H3,(H,22,24). The van der Waals surface area contributed by atoms with Crippen LogP contribution in [0.1, 0.15) is 44.6 Å². The van der Waals surface area contributed by atoms with E-state index in [-0.39, 0.29) is 11.7 Å². The van der Waals surface area contributed by atoms with Gasteiger partial charge in [0.1, 0.15) is 23.8 Å². The molecule has 2 atom stereocenters. The van der Waals surface area contributed by atoms with Crippen LogP contribution in [0.3, 0.4) is 0 Å². The van der Waals surface area contributed by atoms with Gasteiger partial charge in [0.2, 0.25) is 5.91 Å². The van der Waals surface area contributed by atoms with Gasteiger partial charge in [0.05, 0.1) is 0 Å². The van der Waals surface area contributed by atoms with Gasteiger partial charge in [0.15, 0.2) is 0 Å². The van der Waals surface area contributed by atoms with Crippen molar-refractivity contribution in [1.82, 2.24) is 14.9 Å². The Morgan fingerprint density at radius 1 is 1.36 bits per heavy atom. The molecular weight excluding hydrogens is 321 g/mol. The van der Waals surface area contributed by atoms with Gasteiger partial charge in [-0.3, -0.25) is 4.79 Å². The van der Waals surface area contributed by atoms with Gasteiger partial charge in [-0.25, -0.2) is 9.37 Å². The molecule has 0 spiro atoms. The Bertz CT molecular complexity index is 699. The summed E-state index contributed by atoms with van der Waals surface area (Å²) in [6.07, 6.45) is 3.74. The Balaban J connectivity index is 2.14. The molecule has 0 aliphatic heterocycles. The molecule has 0 saturated carbocycles. The monoisotopic (exact) mass is 347 g/mol. The number of rotatable bonds is 8. The van der Waals surface area contributed by atoms with Crippen LogP contribution in [0.4, 0.5) is 4.39 Å². The average Bonchev–Trinajstić information content (AvgIpc) is 2.97. The summed E-state index contributed by atoms with van der Waals surface area (Å²) in [4.78, 5) is 16.8. The smallest absolute Gasteiger partial charge is 0.249 e. The lowest BCUT2D eigenvalue weighted by Crippen LogP contribution is -2.38. The highest BCUT2D eigenvalue weighted by Crippen LogP contribution is 2.21. The topological polar surface area (TPSA) is 56.1 Å². The van der Waals surface area contributed by atoms with E-state index in [1.807, 2.05) is 7.05 Å². The van der Waals surface area contributed by atoms with Gasteiger partial charge < -0.3 is 14.6 Å². The first kappa shape index (κ1) is 19.1. The van der Waals surface area contributed by atoms with Crippen molar-refractivity contribution in [3.63, 3.8) is 0 Å². The van der Waals surface area contributed by atoms with Gasteiger partial charge in [0, 0.05) is 26.0 Å². The molecule has 0 fully saturated rings. The third-order valence-electron chi connectivity index (χ3n) is 4.02. The molecule has 0 saturated heterocycles. The predicted octanol–water partition coefficient (Wildman–Crippen LogP) is 3.22. The fourth-order valence-corrected chi connectivity index (χ4v) is 2.45.